The summed E-state index contributed by atoms with van der Waals surface area (Å²) in [6.45, 7) is 0. The van der Waals surface area contributed by atoms with Crippen molar-refractivity contribution < 1.29 is 0 Å². The normalized spacial score (nSPS) is 17.5. The molecule has 3 rings (SSSR count). The van der Waals surface area contributed by atoms with Crippen molar-refractivity contribution in [3.05, 3.63) is 59.7 Å². The lowest BCUT2D eigenvalue weighted by atomic mass is 10.1. The Hall–Kier alpha value is -1.96. The lowest BCUT2D eigenvalue weighted by Crippen LogP contribution is -2.21. The van der Waals surface area contributed by atoms with Crippen molar-refractivity contribution in [1.29, 1.82) is 0 Å². The molecule has 0 aliphatic heterocycles. The molecule has 0 fully saturated rings. The van der Waals surface area contributed by atoms with Gasteiger partial charge in [0.25, 0.3) is 0 Å². The first-order chi connectivity index (χ1) is 8.75. The Labute approximate surface area is 108 Å². The van der Waals surface area contributed by atoms with E-state index in [0.29, 0.717) is 6.04 Å². The molecule has 0 radical (unpaired) electrons. The van der Waals surface area contributed by atoms with Crippen molar-refractivity contribution >= 4 is 11.4 Å². The smallest absolute Gasteiger partial charge is 0.0545 e. The van der Waals surface area contributed by atoms with Gasteiger partial charge in [0.05, 0.1) is 6.04 Å². The molecule has 0 amide bonds. The van der Waals surface area contributed by atoms with E-state index in [4.69, 9.17) is 5.73 Å². The molecule has 18 heavy (non-hydrogen) atoms. The molecule has 1 aliphatic carbocycles. The topological polar surface area (TPSA) is 29.3 Å². The Bertz CT molecular complexity index is 548. The fourth-order valence-electron chi connectivity index (χ4n) is 2.86. The van der Waals surface area contributed by atoms with E-state index >= 15 is 0 Å². The minimum Gasteiger partial charge on any atom is -0.399 e. The van der Waals surface area contributed by atoms with Crippen LogP contribution < -0.4 is 10.6 Å². The van der Waals surface area contributed by atoms with Crippen LogP contribution in [0.15, 0.2) is 48.5 Å². The highest BCUT2D eigenvalue weighted by Crippen LogP contribution is 2.37. The van der Waals surface area contributed by atoms with Crippen LogP contribution in [0.4, 0.5) is 11.4 Å². The minimum atomic E-state index is 0.475. The van der Waals surface area contributed by atoms with Crippen molar-refractivity contribution in [2.75, 3.05) is 17.7 Å². The van der Waals surface area contributed by atoms with Gasteiger partial charge in [-0.1, -0.05) is 24.3 Å². The van der Waals surface area contributed by atoms with Crippen molar-refractivity contribution in [1.82, 2.24) is 0 Å². The van der Waals surface area contributed by atoms with Gasteiger partial charge >= 0.3 is 0 Å². The largest absolute Gasteiger partial charge is 0.399 e. The summed E-state index contributed by atoms with van der Waals surface area (Å²) in [6, 6.07) is 17.3. The predicted molar refractivity (Wildman–Crippen MR) is 76.8 cm³/mol. The van der Waals surface area contributed by atoms with Gasteiger partial charge in [0.15, 0.2) is 0 Å². The number of nitrogens with zero attached hydrogens (tertiary/aromatic N) is 1. The number of hydrogen-bond acceptors (Lipinski definition) is 2. The van der Waals surface area contributed by atoms with E-state index in [1.807, 2.05) is 6.07 Å². The second kappa shape index (κ2) is 4.37. The van der Waals surface area contributed by atoms with E-state index in [0.717, 1.165) is 12.1 Å². The zero-order valence-electron chi connectivity index (χ0n) is 10.6. The number of para-hydroxylation sites is 1. The molecule has 1 aliphatic rings. The number of hydrogen-bond donors (Lipinski definition) is 1. The molecule has 2 heteroatoms. The van der Waals surface area contributed by atoms with Gasteiger partial charge in [-0.25, -0.2) is 0 Å². The highest BCUT2D eigenvalue weighted by molar-refractivity contribution is 5.53. The van der Waals surface area contributed by atoms with E-state index < -0.39 is 0 Å². The second-order valence-electron chi connectivity index (χ2n) is 4.96. The first-order valence-electron chi connectivity index (χ1n) is 6.42. The Morgan fingerprint density at radius 2 is 1.89 bits per heavy atom. The van der Waals surface area contributed by atoms with Crippen molar-refractivity contribution in [2.24, 2.45) is 0 Å². The third kappa shape index (κ3) is 1.84. The fourth-order valence-corrected chi connectivity index (χ4v) is 2.86. The van der Waals surface area contributed by atoms with Crippen LogP contribution >= 0.6 is 0 Å². The van der Waals surface area contributed by atoms with Crippen LogP contribution in [0, 0.1) is 0 Å². The number of nitrogens with two attached hydrogens (primary N) is 1. The summed E-state index contributed by atoms with van der Waals surface area (Å²) in [5.74, 6) is 0. The van der Waals surface area contributed by atoms with Gasteiger partial charge < -0.3 is 10.6 Å². The average Bonchev–Trinajstić information content (AvgIpc) is 2.81. The monoisotopic (exact) mass is 238 g/mol. The maximum Gasteiger partial charge on any atom is 0.0545 e. The maximum absolute atomic E-state index is 5.85. The molecule has 2 aromatic rings. The van der Waals surface area contributed by atoms with Crippen LogP contribution in [0.3, 0.4) is 0 Å². The predicted octanol–water partition coefficient (Wildman–Crippen LogP) is 3.39. The molecule has 0 heterocycles. The highest BCUT2D eigenvalue weighted by Gasteiger charge is 2.25. The van der Waals surface area contributed by atoms with Gasteiger partial charge in [-0.05, 0) is 48.2 Å². The summed E-state index contributed by atoms with van der Waals surface area (Å²) in [7, 11) is 2.17. The molecule has 2 N–H and O–H groups in total. The van der Waals surface area contributed by atoms with Crippen LogP contribution in [-0.4, -0.2) is 7.05 Å². The minimum absolute atomic E-state index is 0.475. The SMILES string of the molecule is CN(c1ccccc1)C1CCc2cc(N)ccc21. The summed E-state index contributed by atoms with van der Waals surface area (Å²) in [5, 5.41) is 0. The second-order valence-corrected chi connectivity index (χ2v) is 4.96. The molecule has 1 atom stereocenters. The lowest BCUT2D eigenvalue weighted by Gasteiger charge is -2.27. The zero-order chi connectivity index (χ0) is 12.5. The number of rotatable bonds is 2. The zero-order valence-corrected chi connectivity index (χ0v) is 10.6. The van der Waals surface area contributed by atoms with E-state index in [1.54, 1.807) is 0 Å². The van der Waals surface area contributed by atoms with Crippen LogP contribution in [0.5, 0.6) is 0 Å². The van der Waals surface area contributed by atoms with Crippen molar-refractivity contribution in [2.45, 2.75) is 18.9 Å². The van der Waals surface area contributed by atoms with Gasteiger partial charge in [0, 0.05) is 18.4 Å². The van der Waals surface area contributed by atoms with Gasteiger partial charge in [-0.15, -0.1) is 0 Å². The number of nitrogen functional groups attached to an aromatic ring is 1. The number of benzene rings is 2. The van der Waals surface area contributed by atoms with Crippen LogP contribution in [-0.2, 0) is 6.42 Å². The van der Waals surface area contributed by atoms with Crippen LogP contribution in [0.2, 0.25) is 0 Å². The van der Waals surface area contributed by atoms with Crippen LogP contribution in [0.1, 0.15) is 23.6 Å². The highest BCUT2D eigenvalue weighted by atomic mass is 15.1. The molecule has 0 spiro atoms. The summed E-state index contributed by atoms with van der Waals surface area (Å²) >= 11 is 0. The van der Waals surface area contributed by atoms with Crippen molar-refractivity contribution in [3.8, 4) is 0 Å². The first-order valence-corrected chi connectivity index (χ1v) is 6.42. The molecular weight excluding hydrogens is 220 g/mol. The number of aryl methyl sites for hydroxylation is 1. The molecule has 1 unspecified atom stereocenters. The molecule has 92 valence electrons. The van der Waals surface area contributed by atoms with E-state index in [2.05, 4.69) is 54.4 Å². The standard InChI is InChI=1S/C16H18N2/c1-18(14-5-3-2-4-6-14)16-10-7-12-11-13(17)8-9-15(12)16/h2-6,8-9,11,16H,7,10,17H2,1H3. The van der Waals surface area contributed by atoms with Gasteiger partial charge in [-0.2, -0.15) is 0 Å². The summed E-state index contributed by atoms with van der Waals surface area (Å²) in [5.41, 5.74) is 10.8. The van der Waals surface area contributed by atoms with Crippen LogP contribution in [0.25, 0.3) is 0 Å². The van der Waals surface area contributed by atoms with Gasteiger partial charge in [0.1, 0.15) is 0 Å². The van der Waals surface area contributed by atoms with E-state index in [1.165, 1.54) is 23.2 Å². The summed E-state index contributed by atoms with van der Waals surface area (Å²) in [4.78, 5) is 2.36. The molecule has 2 nitrogen and oxygen atoms in total. The molecule has 0 aromatic heterocycles. The van der Waals surface area contributed by atoms with Gasteiger partial charge in [0.2, 0.25) is 0 Å². The third-order valence-corrected chi connectivity index (χ3v) is 3.84. The third-order valence-electron chi connectivity index (χ3n) is 3.84. The first kappa shape index (κ1) is 11.1. The molecule has 2 aromatic carbocycles. The van der Waals surface area contributed by atoms with E-state index in [-0.39, 0.29) is 0 Å². The number of fused-ring (bicyclic) bond motifs is 1. The molecule has 0 saturated carbocycles. The maximum atomic E-state index is 5.85. The van der Waals surface area contributed by atoms with Crippen molar-refractivity contribution in [3.63, 3.8) is 0 Å². The molecular formula is C16H18N2. The Morgan fingerprint density at radius 3 is 2.67 bits per heavy atom. The molecule has 0 saturated heterocycles. The summed E-state index contributed by atoms with van der Waals surface area (Å²) in [6.07, 6.45) is 2.30. The van der Waals surface area contributed by atoms with E-state index in [9.17, 15) is 0 Å². The number of anilines is 2. The Balaban J connectivity index is 1.93. The summed E-state index contributed by atoms with van der Waals surface area (Å²) < 4.78 is 0. The fraction of sp³-hybridized carbons (Fsp3) is 0.250. The van der Waals surface area contributed by atoms with Gasteiger partial charge in [-0.3, -0.25) is 0 Å². The average molecular weight is 238 g/mol. The Morgan fingerprint density at radius 1 is 1.11 bits per heavy atom. The molecule has 0 bridgehead atoms. The quantitative estimate of drug-likeness (QED) is 0.813. The Kier molecular flexibility index (Phi) is 2.71. The lowest BCUT2D eigenvalue weighted by molar-refractivity contribution is 0.662.